The van der Waals surface area contributed by atoms with Crippen LogP contribution in [0.4, 0.5) is 0 Å². The van der Waals surface area contributed by atoms with Gasteiger partial charge in [0, 0.05) is 0 Å². The normalized spacial score (nSPS) is 18.3. The highest BCUT2D eigenvalue weighted by atomic mass is 16.6. The molecule has 1 aromatic rings. The number of likely N-dealkylation sites (N-methyl/N-ethyl adjacent to an activating group) is 1. The molecule has 2 rings (SSSR count). The van der Waals surface area contributed by atoms with Crippen molar-refractivity contribution in [2.45, 2.75) is 71.1 Å². The Kier molecular flexibility index (Phi) is 9.58. The quantitative estimate of drug-likeness (QED) is 0.388. The van der Waals surface area contributed by atoms with E-state index in [2.05, 4.69) is 10.6 Å². The predicted octanol–water partition coefficient (Wildman–Crippen LogP) is 2.17. The summed E-state index contributed by atoms with van der Waals surface area (Å²) in [5.41, 5.74) is -0.0676. The SMILES string of the molecule is CCC(C)CC(NC(=O)C1CCCN1C)C(=O)C(=O)NCC(=O)OC(C)(C)c1ccccc1. The van der Waals surface area contributed by atoms with E-state index in [1.807, 2.05) is 56.1 Å². The molecule has 1 heterocycles. The molecule has 0 radical (unpaired) electrons. The van der Waals surface area contributed by atoms with Crippen molar-refractivity contribution >= 4 is 23.6 Å². The van der Waals surface area contributed by atoms with Gasteiger partial charge in [-0.2, -0.15) is 0 Å². The van der Waals surface area contributed by atoms with E-state index in [1.165, 1.54) is 0 Å². The van der Waals surface area contributed by atoms with Gasteiger partial charge in [-0.3, -0.25) is 24.1 Å². The molecule has 2 amide bonds. The topological polar surface area (TPSA) is 105 Å². The van der Waals surface area contributed by atoms with Crippen LogP contribution in [0.5, 0.6) is 0 Å². The molecule has 0 aromatic heterocycles. The average molecular weight is 460 g/mol. The average Bonchev–Trinajstić information content (AvgIpc) is 3.22. The van der Waals surface area contributed by atoms with Gasteiger partial charge in [0.1, 0.15) is 12.1 Å². The number of esters is 1. The first-order valence-electron chi connectivity index (χ1n) is 11.6. The maximum Gasteiger partial charge on any atom is 0.326 e. The highest BCUT2D eigenvalue weighted by molar-refractivity contribution is 6.38. The van der Waals surface area contributed by atoms with Crippen molar-refractivity contribution < 1.29 is 23.9 Å². The number of hydrogen-bond acceptors (Lipinski definition) is 6. The van der Waals surface area contributed by atoms with Crippen LogP contribution in [0.1, 0.15) is 58.9 Å². The van der Waals surface area contributed by atoms with Gasteiger partial charge in [0.2, 0.25) is 11.7 Å². The van der Waals surface area contributed by atoms with E-state index in [0.29, 0.717) is 6.42 Å². The summed E-state index contributed by atoms with van der Waals surface area (Å²) in [6.45, 7) is 7.86. The minimum absolute atomic E-state index is 0.144. The molecule has 1 fully saturated rings. The molecule has 1 aromatic carbocycles. The van der Waals surface area contributed by atoms with Crippen molar-refractivity contribution in [3.05, 3.63) is 35.9 Å². The molecule has 182 valence electrons. The number of benzene rings is 1. The van der Waals surface area contributed by atoms with Gasteiger partial charge in [0.25, 0.3) is 5.91 Å². The molecule has 3 atom stereocenters. The third kappa shape index (κ3) is 7.67. The Morgan fingerprint density at radius 3 is 2.42 bits per heavy atom. The number of carbonyl (C=O) groups excluding carboxylic acids is 4. The van der Waals surface area contributed by atoms with Crippen LogP contribution in [-0.2, 0) is 29.5 Å². The standard InChI is InChI=1S/C25H37N3O5/c1-6-17(2)15-19(27-23(31)20-13-10-14-28(20)5)22(30)24(32)26-16-21(29)33-25(3,4)18-11-8-7-9-12-18/h7-9,11-12,17,19-20H,6,10,13-16H2,1-5H3,(H,26,32)(H,27,31). The Morgan fingerprint density at radius 2 is 1.85 bits per heavy atom. The lowest BCUT2D eigenvalue weighted by Gasteiger charge is -2.26. The number of nitrogens with zero attached hydrogens (tertiary/aromatic N) is 1. The molecule has 8 nitrogen and oxygen atoms in total. The summed E-state index contributed by atoms with van der Waals surface area (Å²) in [7, 11) is 1.87. The number of ether oxygens (including phenoxy) is 1. The Morgan fingerprint density at radius 1 is 1.18 bits per heavy atom. The second kappa shape index (κ2) is 11.9. The zero-order valence-electron chi connectivity index (χ0n) is 20.3. The van der Waals surface area contributed by atoms with Crippen LogP contribution in [-0.4, -0.2) is 60.7 Å². The Hall–Kier alpha value is -2.74. The van der Waals surface area contributed by atoms with Gasteiger partial charge in [-0.15, -0.1) is 0 Å². The number of ketones is 1. The molecule has 2 N–H and O–H groups in total. The van der Waals surface area contributed by atoms with Gasteiger partial charge in [-0.25, -0.2) is 0 Å². The van der Waals surface area contributed by atoms with Crippen molar-refractivity contribution in [1.29, 1.82) is 0 Å². The van der Waals surface area contributed by atoms with Gasteiger partial charge in [0.15, 0.2) is 0 Å². The van der Waals surface area contributed by atoms with Crippen LogP contribution in [0, 0.1) is 5.92 Å². The zero-order valence-corrected chi connectivity index (χ0v) is 20.3. The smallest absolute Gasteiger partial charge is 0.326 e. The van der Waals surface area contributed by atoms with E-state index in [1.54, 1.807) is 13.8 Å². The molecule has 33 heavy (non-hydrogen) atoms. The van der Waals surface area contributed by atoms with Crippen LogP contribution in [0.2, 0.25) is 0 Å². The van der Waals surface area contributed by atoms with E-state index in [-0.39, 0.29) is 17.9 Å². The van der Waals surface area contributed by atoms with Crippen molar-refractivity contribution in [1.82, 2.24) is 15.5 Å². The molecule has 8 heteroatoms. The van der Waals surface area contributed by atoms with Crippen LogP contribution < -0.4 is 10.6 Å². The fraction of sp³-hybridized carbons (Fsp3) is 0.600. The minimum Gasteiger partial charge on any atom is -0.453 e. The van der Waals surface area contributed by atoms with Crippen LogP contribution in [0.15, 0.2) is 30.3 Å². The Bertz CT molecular complexity index is 840. The highest BCUT2D eigenvalue weighted by Crippen LogP contribution is 2.24. The van der Waals surface area contributed by atoms with Crippen LogP contribution in [0.25, 0.3) is 0 Å². The van der Waals surface area contributed by atoms with Crippen molar-refractivity contribution in [2.75, 3.05) is 20.1 Å². The second-order valence-corrected chi connectivity index (χ2v) is 9.35. The third-order valence-corrected chi connectivity index (χ3v) is 6.25. The molecule has 1 saturated heterocycles. The van der Waals surface area contributed by atoms with Gasteiger partial charge >= 0.3 is 5.97 Å². The molecule has 1 aliphatic rings. The van der Waals surface area contributed by atoms with E-state index in [0.717, 1.165) is 31.4 Å². The Labute approximate surface area is 196 Å². The number of hydrogen-bond donors (Lipinski definition) is 2. The lowest BCUT2D eigenvalue weighted by molar-refractivity contribution is -0.157. The second-order valence-electron chi connectivity index (χ2n) is 9.35. The van der Waals surface area contributed by atoms with Gasteiger partial charge < -0.3 is 15.4 Å². The number of amides is 2. The molecule has 0 bridgehead atoms. The number of rotatable bonds is 11. The molecule has 0 spiro atoms. The van der Waals surface area contributed by atoms with E-state index in [4.69, 9.17) is 4.74 Å². The summed E-state index contributed by atoms with van der Waals surface area (Å²) in [4.78, 5) is 52.4. The number of likely N-dealkylation sites (tertiary alicyclic amines) is 1. The third-order valence-electron chi connectivity index (χ3n) is 6.25. The predicted molar refractivity (Wildman–Crippen MR) is 125 cm³/mol. The van der Waals surface area contributed by atoms with E-state index >= 15 is 0 Å². The Balaban J connectivity index is 1.95. The summed E-state index contributed by atoms with van der Waals surface area (Å²) < 4.78 is 5.50. The van der Waals surface area contributed by atoms with E-state index in [9.17, 15) is 19.2 Å². The molecule has 0 saturated carbocycles. The van der Waals surface area contributed by atoms with Crippen molar-refractivity contribution in [3.8, 4) is 0 Å². The number of carbonyl (C=O) groups is 4. The summed E-state index contributed by atoms with van der Waals surface area (Å²) in [5.74, 6) is -2.41. The summed E-state index contributed by atoms with van der Waals surface area (Å²) in [6.07, 6.45) is 2.81. The summed E-state index contributed by atoms with van der Waals surface area (Å²) in [6, 6.07) is 8.03. The molecular formula is C25H37N3O5. The van der Waals surface area contributed by atoms with Crippen molar-refractivity contribution in [2.24, 2.45) is 5.92 Å². The fourth-order valence-corrected chi connectivity index (χ4v) is 3.93. The van der Waals surface area contributed by atoms with Gasteiger partial charge in [-0.1, -0.05) is 50.6 Å². The minimum atomic E-state index is -0.932. The molecule has 1 aliphatic heterocycles. The monoisotopic (exact) mass is 459 g/mol. The largest absolute Gasteiger partial charge is 0.453 e. The van der Waals surface area contributed by atoms with Crippen LogP contribution in [0.3, 0.4) is 0 Å². The lowest BCUT2D eigenvalue weighted by atomic mass is 9.95. The summed E-state index contributed by atoms with van der Waals surface area (Å²) in [5, 5.41) is 5.13. The van der Waals surface area contributed by atoms with Crippen molar-refractivity contribution in [3.63, 3.8) is 0 Å². The molecular weight excluding hydrogens is 422 g/mol. The first kappa shape index (κ1) is 26.5. The summed E-state index contributed by atoms with van der Waals surface area (Å²) >= 11 is 0. The van der Waals surface area contributed by atoms with Crippen LogP contribution >= 0.6 is 0 Å². The first-order valence-corrected chi connectivity index (χ1v) is 11.6. The number of nitrogens with one attached hydrogen (secondary N) is 2. The lowest BCUT2D eigenvalue weighted by Crippen LogP contribution is -2.52. The maximum atomic E-state index is 12.9. The van der Waals surface area contributed by atoms with Gasteiger partial charge in [0.05, 0.1) is 12.1 Å². The fourth-order valence-electron chi connectivity index (χ4n) is 3.93. The first-order chi connectivity index (χ1) is 15.5. The molecule has 0 aliphatic carbocycles. The molecule has 3 unspecified atom stereocenters. The van der Waals surface area contributed by atoms with Gasteiger partial charge in [-0.05, 0) is 58.2 Å². The number of Topliss-reactive ketones (excluding diaryl/α,β-unsaturated/α-hetero) is 1. The maximum absolute atomic E-state index is 12.9. The zero-order chi connectivity index (χ0) is 24.6. The van der Waals surface area contributed by atoms with E-state index < -0.39 is 35.8 Å². The highest BCUT2D eigenvalue weighted by Gasteiger charge is 2.34.